The first-order chi connectivity index (χ1) is 15.4. The van der Waals surface area contributed by atoms with Crippen LogP contribution in [-0.4, -0.2) is 54.7 Å². The first-order valence-electron chi connectivity index (χ1n) is 10.4. The highest BCUT2D eigenvalue weighted by Gasteiger charge is 2.49. The molecule has 2 aromatic rings. The van der Waals surface area contributed by atoms with Gasteiger partial charge in [0.25, 0.3) is 0 Å². The Kier molecular flexibility index (Phi) is 7.82. The molecule has 7 nitrogen and oxygen atoms in total. The van der Waals surface area contributed by atoms with Crippen molar-refractivity contribution in [2.24, 2.45) is 5.41 Å². The predicted molar refractivity (Wildman–Crippen MR) is 117 cm³/mol. The van der Waals surface area contributed by atoms with Crippen molar-refractivity contribution in [3.8, 4) is 0 Å². The number of carboxylic acid groups (broad SMARTS) is 1. The maximum atomic E-state index is 12.6. The van der Waals surface area contributed by atoms with Crippen LogP contribution in [0.4, 0.5) is 13.2 Å². The first kappa shape index (κ1) is 25.6. The number of rotatable bonds is 5. The number of aryl methyl sites for hydroxylation is 1. The molecule has 2 aliphatic rings. The second kappa shape index (κ2) is 10.1. The minimum Gasteiger partial charge on any atom is -0.475 e. The van der Waals surface area contributed by atoms with Crippen LogP contribution >= 0.6 is 11.3 Å². The fraction of sp³-hybridized carbons (Fsp3) is 0.524. The van der Waals surface area contributed by atoms with E-state index in [1.54, 1.807) is 35.6 Å². The quantitative estimate of drug-likeness (QED) is 0.641. The van der Waals surface area contributed by atoms with E-state index in [9.17, 15) is 21.6 Å². The van der Waals surface area contributed by atoms with E-state index in [4.69, 9.17) is 9.90 Å². The molecule has 1 atom stereocenters. The van der Waals surface area contributed by atoms with Gasteiger partial charge in [-0.2, -0.15) is 13.2 Å². The number of piperidine rings is 1. The van der Waals surface area contributed by atoms with E-state index in [0.717, 1.165) is 56.0 Å². The summed E-state index contributed by atoms with van der Waals surface area (Å²) in [6.07, 6.45) is -0.911. The van der Waals surface area contributed by atoms with Crippen LogP contribution in [-0.2, 0) is 21.4 Å². The van der Waals surface area contributed by atoms with Crippen molar-refractivity contribution >= 4 is 27.3 Å². The van der Waals surface area contributed by atoms with Crippen LogP contribution in [0.15, 0.2) is 40.6 Å². The number of benzene rings is 1. The maximum absolute atomic E-state index is 12.6. The third-order valence-corrected chi connectivity index (χ3v) is 8.48. The van der Waals surface area contributed by atoms with Gasteiger partial charge in [0.2, 0.25) is 10.0 Å². The minimum absolute atomic E-state index is 0.0661. The Balaban J connectivity index is 0.000000383. The van der Waals surface area contributed by atoms with Crippen LogP contribution in [0.1, 0.15) is 36.4 Å². The van der Waals surface area contributed by atoms with Crippen molar-refractivity contribution in [2.75, 3.05) is 13.1 Å². The maximum Gasteiger partial charge on any atom is 0.490 e. The summed E-state index contributed by atoms with van der Waals surface area (Å²) in [5, 5.41) is 10.4. The molecule has 1 aliphatic carbocycles. The van der Waals surface area contributed by atoms with Gasteiger partial charge < -0.3 is 5.11 Å². The fourth-order valence-corrected chi connectivity index (χ4v) is 6.20. The summed E-state index contributed by atoms with van der Waals surface area (Å²) < 4.78 is 60.0. The highest BCUT2D eigenvalue weighted by molar-refractivity contribution is 7.89. The summed E-state index contributed by atoms with van der Waals surface area (Å²) in [6, 6.07) is 8.76. The molecule has 1 unspecified atom stereocenters. The lowest BCUT2D eigenvalue weighted by atomic mass is 9.59. The summed E-state index contributed by atoms with van der Waals surface area (Å²) in [4.78, 5) is 16.3. The molecule has 0 bridgehead atoms. The Morgan fingerprint density at radius 3 is 2.30 bits per heavy atom. The molecule has 4 rings (SSSR count). The number of nitrogens with zero attached hydrogens (tertiary/aromatic N) is 2. The molecule has 182 valence electrons. The number of thiazole rings is 1. The van der Waals surface area contributed by atoms with Crippen molar-refractivity contribution in [2.45, 2.75) is 56.3 Å². The Morgan fingerprint density at radius 2 is 1.85 bits per heavy atom. The molecule has 2 N–H and O–H groups in total. The van der Waals surface area contributed by atoms with Gasteiger partial charge in [0.05, 0.1) is 15.6 Å². The molecule has 1 saturated heterocycles. The third kappa shape index (κ3) is 6.52. The molecule has 0 radical (unpaired) electrons. The Hall–Kier alpha value is -2.02. The molecule has 1 aromatic heterocycles. The molecule has 2 heterocycles. The van der Waals surface area contributed by atoms with E-state index in [0.29, 0.717) is 4.90 Å². The van der Waals surface area contributed by atoms with Gasteiger partial charge in [0.1, 0.15) is 0 Å². The van der Waals surface area contributed by atoms with Crippen molar-refractivity contribution < 1.29 is 31.5 Å². The van der Waals surface area contributed by atoms with Gasteiger partial charge in [0.15, 0.2) is 0 Å². The Labute approximate surface area is 194 Å². The molecule has 2 fully saturated rings. The summed E-state index contributed by atoms with van der Waals surface area (Å²) >= 11 is 1.70. The van der Waals surface area contributed by atoms with Gasteiger partial charge in [-0.3, -0.25) is 4.90 Å². The second-order valence-electron chi connectivity index (χ2n) is 8.32. The number of sulfonamides is 1. The molecule has 12 heteroatoms. The van der Waals surface area contributed by atoms with Gasteiger partial charge in [-0.05, 0) is 63.2 Å². The van der Waals surface area contributed by atoms with Gasteiger partial charge in [0, 0.05) is 18.0 Å². The number of likely N-dealkylation sites (tertiary alicyclic amines) is 1. The van der Waals surface area contributed by atoms with Crippen molar-refractivity contribution in [3.05, 3.63) is 46.4 Å². The smallest absolute Gasteiger partial charge is 0.475 e. The summed E-state index contributed by atoms with van der Waals surface area (Å²) in [5.41, 5.74) is 1.29. The van der Waals surface area contributed by atoms with E-state index >= 15 is 0 Å². The molecule has 1 aliphatic heterocycles. The lowest BCUT2D eigenvalue weighted by molar-refractivity contribution is -0.192. The van der Waals surface area contributed by atoms with Crippen LogP contribution in [0.2, 0.25) is 0 Å². The Bertz CT molecular complexity index is 1050. The van der Waals surface area contributed by atoms with Crippen LogP contribution in [0, 0.1) is 12.3 Å². The number of aromatic nitrogens is 1. The second-order valence-corrected chi connectivity index (χ2v) is 11.1. The molecular weight excluding hydrogens is 479 g/mol. The number of halogens is 3. The van der Waals surface area contributed by atoms with Crippen molar-refractivity contribution in [3.63, 3.8) is 0 Å². The standard InChI is InChI=1S/C19H25N3O2S2.C2HF3O2/c1-15-20-16(14-25-15)13-22-11-9-19(10-12-22)8-7-18(19)21-26(23,24)17-5-3-2-4-6-17;3-2(4,5)1(6)7/h2-6,14,18,21H,7-13H2,1H3;(H,6,7). The molecular formula is C21H26F3N3O4S2. The number of carboxylic acids is 1. The minimum atomic E-state index is -5.08. The number of aliphatic carboxylic acids is 1. The van der Waals surface area contributed by atoms with Gasteiger partial charge in [-0.1, -0.05) is 18.2 Å². The third-order valence-electron chi connectivity index (χ3n) is 6.17. The average Bonchev–Trinajstić information content (AvgIpc) is 3.17. The van der Waals surface area contributed by atoms with E-state index in [1.165, 1.54) is 0 Å². The highest BCUT2D eigenvalue weighted by atomic mass is 32.2. The topological polar surface area (TPSA) is 99.6 Å². The fourth-order valence-electron chi connectivity index (χ4n) is 4.20. The van der Waals surface area contributed by atoms with Gasteiger partial charge in [-0.15, -0.1) is 11.3 Å². The number of hydrogen-bond acceptors (Lipinski definition) is 6. The molecule has 0 amide bonds. The summed E-state index contributed by atoms with van der Waals surface area (Å²) in [5.74, 6) is -2.76. The van der Waals surface area contributed by atoms with Crippen LogP contribution < -0.4 is 4.72 Å². The number of nitrogens with one attached hydrogen (secondary N) is 1. The van der Waals surface area contributed by atoms with E-state index in [-0.39, 0.29) is 11.5 Å². The van der Waals surface area contributed by atoms with Gasteiger partial charge in [-0.25, -0.2) is 22.9 Å². The summed E-state index contributed by atoms with van der Waals surface area (Å²) in [7, 11) is -3.43. The normalized spacial score (nSPS) is 20.5. The lowest BCUT2D eigenvalue weighted by Gasteiger charge is -2.53. The SMILES string of the molecule is Cc1nc(CN2CCC3(CCC3NS(=O)(=O)c3ccccc3)CC2)cs1.O=C(O)C(F)(F)F. The zero-order valence-corrected chi connectivity index (χ0v) is 19.6. The first-order valence-corrected chi connectivity index (χ1v) is 12.8. The van der Waals surface area contributed by atoms with Crippen LogP contribution in [0.3, 0.4) is 0 Å². The number of carbonyl (C=O) groups is 1. The van der Waals surface area contributed by atoms with E-state index in [1.807, 2.05) is 13.0 Å². The zero-order chi connectivity index (χ0) is 24.3. The summed E-state index contributed by atoms with van der Waals surface area (Å²) in [6.45, 7) is 4.97. The van der Waals surface area contributed by atoms with Crippen LogP contribution in [0.25, 0.3) is 0 Å². The Morgan fingerprint density at radius 1 is 1.24 bits per heavy atom. The number of hydrogen-bond donors (Lipinski definition) is 2. The number of alkyl halides is 3. The highest BCUT2D eigenvalue weighted by Crippen LogP contribution is 2.49. The molecule has 1 aromatic carbocycles. The lowest BCUT2D eigenvalue weighted by Crippen LogP contribution is -2.58. The average molecular weight is 506 g/mol. The monoisotopic (exact) mass is 505 g/mol. The molecule has 1 saturated carbocycles. The van der Waals surface area contributed by atoms with Crippen LogP contribution in [0.5, 0.6) is 0 Å². The van der Waals surface area contributed by atoms with E-state index < -0.39 is 22.2 Å². The molecule has 33 heavy (non-hydrogen) atoms. The van der Waals surface area contributed by atoms with Gasteiger partial charge >= 0.3 is 12.1 Å². The molecule has 1 spiro atoms. The largest absolute Gasteiger partial charge is 0.490 e. The van der Waals surface area contributed by atoms with Crippen molar-refractivity contribution in [1.82, 2.24) is 14.6 Å². The van der Waals surface area contributed by atoms with Crippen molar-refractivity contribution in [1.29, 1.82) is 0 Å². The zero-order valence-electron chi connectivity index (χ0n) is 18.0. The predicted octanol–water partition coefficient (Wildman–Crippen LogP) is 3.81. The van der Waals surface area contributed by atoms with E-state index in [2.05, 4.69) is 20.0 Å².